The topological polar surface area (TPSA) is 107 Å². The van der Waals surface area contributed by atoms with Gasteiger partial charge in [-0.3, -0.25) is 4.79 Å². The van der Waals surface area contributed by atoms with Gasteiger partial charge in [-0.05, 0) is 18.6 Å². The molecule has 0 radical (unpaired) electrons. The maximum Gasteiger partial charge on any atom is 0.335 e. The van der Waals surface area contributed by atoms with Crippen molar-refractivity contribution < 1.29 is 9.90 Å². The predicted molar refractivity (Wildman–Crippen MR) is 83.0 cm³/mol. The highest BCUT2D eigenvalue weighted by Crippen LogP contribution is 2.22. The summed E-state index contributed by atoms with van der Waals surface area (Å²) >= 11 is 1.40. The predicted octanol–water partition coefficient (Wildman–Crippen LogP) is 2.51. The van der Waals surface area contributed by atoms with E-state index in [1.807, 2.05) is 13.0 Å². The zero-order valence-corrected chi connectivity index (χ0v) is 12.6. The number of nitriles is 1. The molecule has 2 aromatic rings. The Morgan fingerprint density at radius 2 is 2.09 bits per heavy atom. The molecule has 0 saturated heterocycles. The number of benzene rings is 1. The third-order valence-corrected chi connectivity index (χ3v) is 3.94. The van der Waals surface area contributed by atoms with Gasteiger partial charge in [0.25, 0.3) is 5.56 Å². The molecule has 7 heteroatoms. The largest absolute Gasteiger partial charge is 0.478 e. The molecule has 0 unspecified atom stereocenters. The molecule has 0 amide bonds. The Hall–Kier alpha value is -2.59. The minimum absolute atomic E-state index is 0.0797. The second-order valence-corrected chi connectivity index (χ2v) is 5.52. The standard InChI is InChI=1S/C15H13N3O3S/c1-2-7-22-15-17-12(11(8-16)13(19)18-15)9-3-5-10(6-4-9)14(20)21/h3-6H,2,7H2,1H3,(H,20,21)(H,17,18,19). The lowest BCUT2D eigenvalue weighted by molar-refractivity contribution is 0.0697. The van der Waals surface area contributed by atoms with E-state index in [1.165, 1.54) is 23.9 Å². The van der Waals surface area contributed by atoms with Crippen LogP contribution in [0.25, 0.3) is 11.3 Å². The van der Waals surface area contributed by atoms with Crippen LogP contribution in [0.1, 0.15) is 29.3 Å². The van der Waals surface area contributed by atoms with Gasteiger partial charge in [-0.2, -0.15) is 5.26 Å². The van der Waals surface area contributed by atoms with Gasteiger partial charge in [-0.25, -0.2) is 9.78 Å². The second kappa shape index (κ2) is 6.91. The van der Waals surface area contributed by atoms with Crippen molar-refractivity contribution in [1.82, 2.24) is 9.97 Å². The number of aromatic nitrogens is 2. The average molecular weight is 315 g/mol. The van der Waals surface area contributed by atoms with Crippen molar-refractivity contribution >= 4 is 17.7 Å². The lowest BCUT2D eigenvalue weighted by Crippen LogP contribution is -2.14. The Bertz CT molecular complexity index is 791. The summed E-state index contributed by atoms with van der Waals surface area (Å²) in [5.74, 6) is -0.239. The van der Waals surface area contributed by atoms with Gasteiger partial charge in [0.2, 0.25) is 0 Å². The quantitative estimate of drug-likeness (QED) is 0.648. The summed E-state index contributed by atoms with van der Waals surface area (Å²) in [6, 6.07) is 7.77. The zero-order valence-electron chi connectivity index (χ0n) is 11.8. The van der Waals surface area contributed by atoms with Crippen LogP contribution >= 0.6 is 11.8 Å². The van der Waals surface area contributed by atoms with Crippen LogP contribution in [0.5, 0.6) is 0 Å². The van der Waals surface area contributed by atoms with Gasteiger partial charge < -0.3 is 10.1 Å². The zero-order chi connectivity index (χ0) is 16.1. The van der Waals surface area contributed by atoms with E-state index in [0.717, 1.165) is 12.2 Å². The highest BCUT2D eigenvalue weighted by Gasteiger charge is 2.14. The van der Waals surface area contributed by atoms with E-state index in [1.54, 1.807) is 12.1 Å². The van der Waals surface area contributed by atoms with Crippen molar-refractivity contribution in [2.75, 3.05) is 5.75 Å². The minimum Gasteiger partial charge on any atom is -0.478 e. The number of H-pyrrole nitrogens is 1. The first-order valence-electron chi connectivity index (χ1n) is 6.57. The van der Waals surface area contributed by atoms with Gasteiger partial charge in [0, 0.05) is 11.3 Å². The van der Waals surface area contributed by atoms with Crippen molar-refractivity contribution in [2.24, 2.45) is 0 Å². The lowest BCUT2D eigenvalue weighted by atomic mass is 10.1. The lowest BCUT2D eigenvalue weighted by Gasteiger charge is -2.06. The normalized spacial score (nSPS) is 10.2. The van der Waals surface area contributed by atoms with Crippen molar-refractivity contribution in [3.05, 3.63) is 45.7 Å². The van der Waals surface area contributed by atoms with Crippen molar-refractivity contribution in [1.29, 1.82) is 5.26 Å². The fraction of sp³-hybridized carbons (Fsp3) is 0.200. The number of rotatable bonds is 5. The van der Waals surface area contributed by atoms with Crippen LogP contribution in [-0.4, -0.2) is 26.8 Å². The van der Waals surface area contributed by atoms with E-state index in [2.05, 4.69) is 9.97 Å². The third-order valence-electron chi connectivity index (χ3n) is 2.86. The summed E-state index contributed by atoms with van der Waals surface area (Å²) in [5.41, 5.74) is 0.359. The van der Waals surface area contributed by atoms with Crippen molar-refractivity contribution in [3.63, 3.8) is 0 Å². The molecule has 1 heterocycles. The Kier molecular flexibility index (Phi) is 4.96. The van der Waals surface area contributed by atoms with Crippen molar-refractivity contribution in [3.8, 4) is 17.3 Å². The van der Waals surface area contributed by atoms with Crippen LogP contribution in [0.15, 0.2) is 34.2 Å². The molecule has 0 saturated carbocycles. The number of aromatic amines is 1. The highest BCUT2D eigenvalue weighted by molar-refractivity contribution is 7.99. The summed E-state index contributed by atoms with van der Waals surface area (Å²) < 4.78 is 0. The first kappa shape index (κ1) is 15.8. The first-order valence-corrected chi connectivity index (χ1v) is 7.56. The molecule has 1 aromatic carbocycles. The minimum atomic E-state index is -1.04. The molecule has 1 aromatic heterocycles. The Balaban J connectivity index is 2.52. The summed E-state index contributed by atoms with van der Waals surface area (Å²) in [6.45, 7) is 2.01. The molecule has 0 aliphatic rings. The second-order valence-electron chi connectivity index (χ2n) is 4.44. The van der Waals surface area contributed by atoms with Crippen LogP contribution in [0, 0.1) is 11.3 Å². The molecule has 22 heavy (non-hydrogen) atoms. The van der Waals surface area contributed by atoms with E-state index in [4.69, 9.17) is 10.4 Å². The smallest absolute Gasteiger partial charge is 0.335 e. The van der Waals surface area contributed by atoms with Crippen LogP contribution in [0.3, 0.4) is 0 Å². The molecule has 2 rings (SSSR count). The molecule has 112 valence electrons. The van der Waals surface area contributed by atoms with Crippen molar-refractivity contribution in [2.45, 2.75) is 18.5 Å². The Labute approximate surface area is 130 Å². The van der Waals surface area contributed by atoms with E-state index >= 15 is 0 Å². The number of hydrogen-bond donors (Lipinski definition) is 2. The number of carbonyl (C=O) groups is 1. The van der Waals surface area contributed by atoms with Crippen LogP contribution in [0.4, 0.5) is 0 Å². The fourth-order valence-electron chi connectivity index (χ4n) is 1.80. The Morgan fingerprint density at radius 1 is 1.41 bits per heavy atom. The fourth-order valence-corrected chi connectivity index (χ4v) is 2.52. The van der Waals surface area contributed by atoms with Crippen LogP contribution < -0.4 is 5.56 Å². The van der Waals surface area contributed by atoms with Gasteiger partial charge >= 0.3 is 5.97 Å². The van der Waals surface area contributed by atoms with E-state index in [-0.39, 0.29) is 16.8 Å². The molecule has 0 bridgehead atoms. The first-order chi connectivity index (χ1) is 10.6. The number of hydrogen-bond acceptors (Lipinski definition) is 5. The highest BCUT2D eigenvalue weighted by atomic mass is 32.2. The summed E-state index contributed by atoms with van der Waals surface area (Å²) in [7, 11) is 0. The van der Waals surface area contributed by atoms with E-state index < -0.39 is 11.5 Å². The maximum absolute atomic E-state index is 12.0. The maximum atomic E-state index is 12.0. The monoisotopic (exact) mass is 315 g/mol. The summed E-state index contributed by atoms with van der Waals surface area (Å²) in [5, 5.41) is 18.5. The number of nitrogens with one attached hydrogen (secondary N) is 1. The van der Waals surface area contributed by atoms with Gasteiger partial charge in [-0.1, -0.05) is 30.8 Å². The average Bonchev–Trinajstić information content (AvgIpc) is 2.52. The number of carboxylic acids is 1. The molecule has 0 aliphatic carbocycles. The molecule has 0 spiro atoms. The SMILES string of the molecule is CCCSc1nc(-c2ccc(C(=O)O)cc2)c(C#N)c(=O)[nH]1. The number of aromatic carboxylic acids is 1. The third kappa shape index (κ3) is 3.35. The number of thioether (sulfide) groups is 1. The van der Waals surface area contributed by atoms with Gasteiger partial charge in [-0.15, -0.1) is 0 Å². The van der Waals surface area contributed by atoms with Gasteiger partial charge in [0.05, 0.1) is 11.3 Å². The molecule has 0 atom stereocenters. The van der Waals surface area contributed by atoms with Gasteiger partial charge in [0.1, 0.15) is 11.6 Å². The molecular weight excluding hydrogens is 302 g/mol. The molecule has 0 aliphatic heterocycles. The van der Waals surface area contributed by atoms with E-state index in [9.17, 15) is 9.59 Å². The molecule has 2 N–H and O–H groups in total. The van der Waals surface area contributed by atoms with Crippen LogP contribution in [-0.2, 0) is 0 Å². The summed E-state index contributed by atoms with van der Waals surface area (Å²) in [6.07, 6.45) is 0.928. The number of carboxylic acid groups (broad SMARTS) is 1. The summed E-state index contributed by atoms with van der Waals surface area (Å²) in [4.78, 5) is 29.8. The van der Waals surface area contributed by atoms with Crippen LogP contribution in [0.2, 0.25) is 0 Å². The number of nitrogens with zero attached hydrogens (tertiary/aromatic N) is 2. The van der Waals surface area contributed by atoms with E-state index in [0.29, 0.717) is 10.7 Å². The molecule has 6 nitrogen and oxygen atoms in total. The molecular formula is C15H13N3O3S. The molecule has 0 fully saturated rings. The Morgan fingerprint density at radius 3 is 2.64 bits per heavy atom. The van der Waals surface area contributed by atoms with Gasteiger partial charge in [0.15, 0.2) is 5.16 Å².